The van der Waals surface area contributed by atoms with Gasteiger partial charge in [0.25, 0.3) is 0 Å². The van der Waals surface area contributed by atoms with E-state index in [1.165, 1.54) is 25.3 Å². The number of nitrogen functional groups attached to an aromatic ring is 3. The fraction of sp³-hybridized carbons (Fsp3) is 0.673. The summed E-state index contributed by atoms with van der Waals surface area (Å²) in [5.41, 5.74) is 21.0. The summed E-state index contributed by atoms with van der Waals surface area (Å²) in [6.07, 6.45) is 11.8. The number of rotatable bonds is 12. The first kappa shape index (κ1) is 78.6. The topological polar surface area (TPSA) is 353 Å². The molecular formula is C55H99N15O10S2. The first-order chi connectivity index (χ1) is 39.5. The van der Waals surface area contributed by atoms with Gasteiger partial charge in [-0.25, -0.2) is 44.9 Å². The van der Waals surface area contributed by atoms with Crippen molar-refractivity contribution < 1.29 is 48.9 Å². The highest BCUT2D eigenvalue weighted by Crippen LogP contribution is 2.40. The second-order valence-corrected chi connectivity index (χ2v) is 19.3. The van der Waals surface area contributed by atoms with E-state index < -0.39 is 24.5 Å². The molecule has 0 amide bonds. The number of nitrogens with zero attached hydrogens (tertiary/aromatic N) is 12. The Bertz CT molecular complexity index is 2550. The fourth-order valence-electron chi connectivity index (χ4n) is 8.54. The van der Waals surface area contributed by atoms with Gasteiger partial charge in [-0.2, -0.15) is 0 Å². The largest absolute Gasteiger partial charge is 0.400 e. The lowest BCUT2D eigenvalue weighted by atomic mass is 9.99. The van der Waals surface area contributed by atoms with Gasteiger partial charge in [-0.1, -0.05) is 120 Å². The first-order valence-electron chi connectivity index (χ1n) is 27.4. The summed E-state index contributed by atoms with van der Waals surface area (Å²) in [6, 6.07) is 0. The van der Waals surface area contributed by atoms with Crippen molar-refractivity contribution >= 4 is 93.9 Å². The standard InChI is InChI=1S/2C14H21N5O2.C12H17N5O3.2C4H10.C2H6.2CH4O.CH2O.2CH2S/c1-4-5-9-11(20-3)8(2)14(21-9)19-7-18-10-12(15)16-6-17-13(10)19;1-3-20-5-4-10-6-9(2)14(21-10)19-8-18-11-12(15)16-7-17-13(11)19;1-2-3-6-8(18)9(19)12(20-6)17-5-16-7-10(13)14-4-15-11(7)17;2*1-4(2)3;6*1-2/h6-9,11,14H,4-5H2,1-3H3,(H2,15,16,17);7-10,14H,3-6H2,1-2H3,(H2,15,16,17);4-6,8-9,12,18-19H,2-3H2,1H3,(H2,13,14,15);2*4H,1-3H3;1-2H3;2*2H,1H3;3*1H2. The van der Waals surface area contributed by atoms with E-state index >= 15 is 0 Å². The van der Waals surface area contributed by atoms with Gasteiger partial charge in [-0.05, 0) is 56.2 Å². The van der Waals surface area contributed by atoms with Crippen molar-refractivity contribution in [2.45, 2.75) is 184 Å². The van der Waals surface area contributed by atoms with E-state index in [0.717, 1.165) is 77.0 Å². The predicted octanol–water partition coefficient (Wildman–Crippen LogP) is 7.96. The summed E-state index contributed by atoms with van der Waals surface area (Å²) in [6.45, 7) is 30.9. The van der Waals surface area contributed by atoms with Crippen LogP contribution in [0.2, 0.25) is 0 Å². The van der Waals surface area contributed by atoms with Gasteiger partial charge >= 0.3 is 0 Å². The van der Waals surface area contributed by atoms with Crippen molar-refractivity contribution in [2.24, 2.45) is 23.7 Å². The van der Waals surface area contributed by atoms with Crippen molar-refractivity contribution in [1.29, 1.82) is 0 Å². The lowest BCUT2D eigenvalue weighted by Crippen LogP contribution is -2.31. The molecule has 0 radical (unpaired) electrons. The number of methoxy groups -OCH3 is 1. The SMILES string of the molecule is C=O.C=S.C=S.CC.CC(C)C.CC(C)C.CCCC1OC(n2cnc3c(N)ncnc32)C(C)C1OC.CCCC1OC(n2cnc3c(N)ncnc32)C(O)C1O.CCOCCC1CC(C)C(n2cnc3c(N)ncnc32)O1.CO.CO. The van der Waals surface area contributed by atoms with Crippen molar-refractivity contribution in [3.05, 3.63) is 38.0 Å². The molecule has 0 spiro atoms. The van der Waals surface area contributed by atoms with Crippen molar-refractivity contribution in [3.8, 4) is 0 Å². The van der Waals surface area contributed by atoms with Crippen LogP contribution >= 0.6 is 24.4 Å². The molecule has 3 aliphatic rings. The van der Waals surface area contributed by atoms with Gasteiger partial charge in [0, 0.05) is 46.4 Å². The molecule has 27 heteroatoms. The molecule has 25 nitrogen and oxygen atoms in total. The third kappa shape index (κ3) is 22.9. The summed E-state index contributed by atoms with van der Waals surface area (Å²) in [7, 11) is 3.74. The third-order valence-corrected chi connectivity index (χ3v) is 11.6. The van der Waals surface area contributed by atoms with Crippen molar-refractivity contribution in [2.75, 3.05) is 51.7 Å². The Morgan fingerprint density at radius 1 is 0.598 bits per heavy atom. The van der Waals surface area contributed by atoms with E-state index in [1.54, 1.807) is 24.3 Å². The van der Waals surface area contributed by atoms with E-state index in [9.17, 15) is 10.2 Å². The van der Waals surface area contributed by atoms with Crippen LogP contribution in [0.15, 0.2) is 38.0 Å². The molecule has 6 aromatic rings. The number of aromatic nitrogens is 12. The Hall–Kier alpha value is -5.46. The molecular weight excluding hydrogens is 1090 g/mol. The summed E-state index contributed by atoms with van der Waals surface area (Å²) < 4.78 is 34.6. The smallest absolute Gasteiger partial charge is 0.167 e. The van der Waals surface area contributed by atoms with Gasteiger partial charge < -0.3 is 66.1 Å². The van der Waals surface area contributed by atoms with Crippen LogP contribution in [-0.2, 0) is 28.5 Å². The van der Waals surface area contributed by atoms with Gasteiger partial charge in [-0.3, -0.25) is 13.7 Å². The molecule has 3 saturated heterocycles. The number of fused-ring (bicyclic) bond motifs is 3. The molecule has 466 valence electrons. The van der Waals surface area contributed by atoms with Crippen LogP contribution in [0.5, 0.6) is 0 Å². The van der Waals surface area contributed by atoms with Gasteiger partial charge in [0.1, 0.15) is 67.0 Å². The lowest BCUT2D eigenvalue weighted by molar-refractivity contribution is -0.0980. The number of anilines is 3. The zero-order chi connectivity index (χ0) is 63.2. The molecule has 10 N–H and O–H groups in total. The zero-order valence-corrected chi connectivity index (χ0v) is 53.0. The van der Waals surface area contributed by atoms with E-state index in [1.807, 2.05) is 43.6 Å². The molecule has 0 aliphatic carbocycles. The molecule has 9 heterocycles. The summed E-state index contributed by atoms with van der Waals surface area (Å²) in [5, 5.41) is 34.2. The number of nitrogens with two attached hydrogens (primary N) is 3. The predicted molar refractivity (Wildman–Crippen MR) is 333 cm³/mol. The van der Waals surface area contributed by atoms with Crippen LogP contribution in [0, 0.1) is 23.7 Å². The number of hydrogen-bond acceptors (Lipinski definition) is 24. The Labute approximate surface area is 496 Å². The minimum absolute atomic E-state index is 0.0593. The second kappa shape index (κ2) is 44.1. The Morgan fingerprint density at radius 3 is 1.34 bits per heavy atom. The van der Waals surface area contributed by atoms with Crippen LogP contribution in [0.1, 0.15) is 147 Å². The monoisotopic (exact) mass is 1190 g/mol. The summed E-state index contributed by atoms with van der Waals surface area (Å²) in [5.74, 6) is 8.99. The lowest BCUT2D eigenvalue weighted by Gasteiger charge is -2.19. The average Bonchev–Trinajstić information content (AvgIpc) is 4.54. The van der Waals surface area contributed by atoms with Gasteiger partial charge in [0.2, 0.25) is 0 Å². The highest BCUT2D eigenvalue weighted by Gasteiger charge is 2.45. The Kier molecular flexibility index (Phi) is 42.3. The number of imidazole rings is 3. The maximum atomic E-state index is 10.2. The van der Waals surface area contributed by atoms with Crippen LogP contribution in [-0.4, -0.2) is 169 Å². The maximum Gasteiger partial charge on any atom is 0.167 e. The molecule has 9 rings (SSSR count). The molecule has 3 fully saturated rings. The van der Waals surface area contributed by atoms with E-state index in [0.29, 0.717) is 51.8 Å². The summed E-state index contributed by atoms with van der Waals surface area (Å²) >= 11 is 7.67. The Balaban J connectivity index is 0. The molecule has 0 saturated carbocycles. The molecule has 82 heavy (non-hydrogen) atoms. The number of aliphatic hydroxyl groups excluding tert-OH is 4. The average molecular weight is 1190 g/mol. The third-order valence-electron chi connectivity index (χ3n) is 11.6. The van der Waals surface area contributed by atoms with Crippen molar-refractivity contribution in [3.63, 3.8) is 0 Å². The van der Waals surface area contributed by atoms with Crippen LogP contribution in [0.4, 0.5) is 17.5 Å². The first-order valence-corrected chi connectivity index (χ1v) is 28.6. The minimum Gasteiger partial charge on any atom is -0.400 e. The number of hydrogen-bond donors (Lipinski definition) is 7. The Morgan fingerprint density at radius 2 is 0.963 bits per heavy atom. The molecule has 11 atom stereocenters. The molecule has 0 aromatic carbocycles. The van der Waals surface area contributed by atoms with E-state index in [2.05, 4.69) is 143 Å². The molecule has 11 unspecified atom stereocenters. The number of carbonyl (C=O) groups excluding carboxylic acids is 1. The number of ether oxygens (including phenoxy) is 5. The normalized spacial score (nSPS) is 22.7. The fourth-order valence-corrected chi connectivity index (χ4v) is 8.54. The quantitative estimate of drug-likeness (QED) is 0.0451. The zero-order valence-electron chi connectivity index (χ0n) is 51.4. The number of aliphatic hydroxyl groups is 4. The second-order valence-electron chi connectivity index (χ2n) is 19.3. The maximum absolute atomic E-state index is 10.2. The van der Waals surface area contributed by atoms with Crippen LogP contribution in [0.25, 0.3) is 33.5 Å². The van der Waals surface area contributed by atoms with E-state index in [-0.39, 0.29) is 42.5 Å². The van der Waals surface area contributed by atoms with Crippen LogP contribution in [0.3, 0.4) is 0 Å². The number of thiocarbonyl (C=S) groups is 2. The highest BCUT2D eigenvalue weighted by atomic mass is 32.1. The molecule has 6 aromatic heterocycles. The van der Waals surface area contributed by atoms with E-state index in [4.69, 9.17) is 55.9 Å². The highest BCUT2D eigenvalue weighted by molar-refractivity contribution is 7.77. The minimum atomic E-state index is -1.03. The van der Waals surface area contributed by atoms with Crippen molar-refractivity contribution in [1.82, 2.24) is 58.6 Å². The molecule has 3 aliphatic heterocycles. The molecule has 0 bridgehead atoms. The van der Waals surface area contributed by atoms with Gasteiger partial charge in [0.05, 0.1) is 43.4 Å². The van der Waals surface area contributed by atoms with Gasteiger partial charge in [0.15, 0.2) is 40.6 Å². The summed E-state index contributed by atoms with van der Waals surface area (Å²) in [4.78, 5) is 45.2. The van der Waals surface area contributed by atoms with Gasteiger partial charge in [-0.15, -0.1) is 0 Å². The number of carbonyl (C=O) groups is 1. The van der Waals surface area contributed by atoms with Crippen LogP contribution < -0.4 is 17.2 Å².